The Morgan fingerprint density at radius 2 is 1.95 bits per heavy atom. The first-order chi connectivity index (χ1) is 9.83. The van der Waals surface area contributed by atoms with Crippen molar-refractivity contribution in [1.29, 1.82) is 0 Å². The molecule has 4 nitrogen and oxygen atoms in total. The van der Waals surface area contributed by atoms with Crippen LogP contribution in [0.4, 0.5) is 5.69 Å². The minimum absolute atomic E-state index is 0.146. The highest BCUT2D eigenvalue weighted by molar-refractivity contribution is 5.99. The SMILES string of the molecule is CCCNc1cnccc1C(=O)N1CCCCCCC1. The average Bonchev–Trinajstić information content (AvgIpc) is 2.44. The minimum atomic E-state index is 0.146. The number of aromatic nitrogens is 1. The van der Waals surface area contributed by atoms with Gasteiger partial charge in [-0.05, 0) is 25.3 Å². The lowest BCUT2D eigenvalue weighted by Crippen LogP contribution is -2.34. The van der Waals surface area contributed by atoms with E-state index < -0.39 is 0 Å². The third kappa shape index (κ3) is 3.95. The smallest absolute Gasteiger partial charge is 0.256 e. The van der Waals surface area contributed by atoms with Crippen LogP contribution >= 0.6 is 0 Å². The molecule has 0 aliphatic carbocycles. The van der Waals surface area contributed by atoms with Crippen molar-refractivity contribution < 1.29 is 4.79 Å². The summed E-state index contributed by atoms with van der Waals surface area (Å²) >= 11 is 0. The van der Waals surface area contributed by atoms with Crippen LogP contribution in [0.1, 0.15) is 55.8 Å². The molecule has 0 aromatic carbocycles. The van der Waals surface area contributed by atoms with Crippen LogP contribution in [0.25, 0.3) is 0 Å². The molecule has 1 aromatic heterocycles. The topological polar surface area (TPSA) is 45.2 Å². The van der Waals surface area contributed by atoms with E-state index in [9.17, 15) is 4.79 Å². The lowest BCUT2D eigenvalue weighted by molar-refractivity contribution is 0.0743. The number of amides is 1. The number of hydrogen-bond donors (Lipinski definition) is 1. The summed E-state index contributed by atoms with van der Waals surface area (Å²) in [4.78, 5) is 18.8. The number of nitrogens with zero attached hydrogens (tertiary/aromatic N) is 2. The van der Waals surface area contributed by atoms with Crippen LogP contribution in [0.2, 0.25) is 0 Å². The first-order valence-electron chi connectivity index (χ1n) is 7.80. The van der Waals surface area contributed by atoms with E-state index in [0.717, 1.165) is 50.1 Å². The molecule has 20 heavy (non-hydrogen) atoms. The zero-order valence-electron chi connectivity index (χ0n) is 12.4. The number of rotatable bonds is 4. The molecule has 0 saturated carbocycles. The van der Waals surface area contributed by atoms with Crippen LogP contribution in [0, 0.1) is 0 Å². The maximum Gasteiger partial charge on any atom is 0.256 e. The molecule has 4 heteroatoms. The molecule has 0 bridgehead atoms. The van der Waals surface area contributed by atoms with Gasteiger partial charge in [0.05, 0.1) is 17.4 Å². The Bertz CT molecular complexity index is 425. The van der Waals surface area contributed by atoms with Gasteiger partial charge in [-0.3, -0.25) is 9.78 Å². The number of likely N-dealkylation sites (tertiary alicyclic amines) is 1. The van der Waals surface area contributed by atoms with Crippen molar-refractivity contribution in [2.75, 3.05) is 25.0 Å². The fourth-order valence-corrected chi connectivity index (χ4v) is 2.60. The van der Waals surface area contributed by atoms with Gasteiger partial charge in [0.1, 0.15) is 0 Å². The maximum absolute atomic E-state index is 12.7. The van der Waals surface area contributed by atoms with Gasteiger partial charge >= 0.3 is 0 Å². The van der Waals surface area contributed by atoms with Gasteiger partial charge in [0.2, 0.25) is 0 Å². The Kier molecular flexibility index (Phi) is 5.84. The second-order valence-electron chi connectivity index (χ2n) is 5.41. The number of hydrogen-bond acceptors (Lipinski definition) is 3. The third-order valence-electron chi connectivity index (χ3n) is 3.76. The molecular weight excluding hydrogens is 250 g/mol. The normalized spacial score (nSPS) is 16.4. The zero-order chi connectivity index (χ0) is 14.2. The van der Waals surface area contributed by atoms with E-state index in [0.29, 0.717) is 0 Å². The highest BCUT2D eigenvalue weighted by atomic mass is 16.2. The molecule has 2 heterocycles. The standard InChI is InChI=1S/C16H25N3O/c1-2-9-18-15-13-17-10-8-14(15)16(20)19-11-6-4-3-5-7-12-19/h8,10,13,18H,2-7,9,11-12H2,1H3. The van der Waals surface area contributed by atoms with E-state index in [1.807, 2.05) is 11.0 Å². The highest BCUT2D eigenvalue weighted by Crippen LogP contribution is 2.18. The van der Waals surface area contributed by atoms with Crippen LogP contribution < -0.4 is 5.32 Å². The summed E-state index contributed by atoms with van der Waals surface area (Å²) in [6.07, 6.45) is 10.5. The van der Waals surface area contributed by atoms with Crippen molar-refractivity contribution in [2.24, 2.45) is 0 Å². The van der Waals surface area contributed by atoms with E-state index in [2.05, 4.69) is 17.2 Å². The summed E-state index contributed by atoms with van der Waals surface area (Å²) in [5, 5.41) is 3.30. The second kappa shape index (κ2) is 7.88. The Labute approximate surface area is 121 Å². The van der Waals surface area contributed by atoms with Gasteiger partial charge in [0, 0.05) is 25.8 Å². The number of anilines is 1. The van der Waals surface area contributed by atoms with Crippen LogP contribution in [0.5, 0.6) is 0 Å². The molecule has 0 radical (unpaired) electrons. The Balaban J connectivity index is 2.10. The molecule has 1 amide bonds. The Morgan fingerprint density at radius 3 is 2.65 bits per heavy atom. The summed E-state index contributed by atoms with van der Waals surface area (Å²) in [6.45, 7) is 4.75. The summed E-state index contributed by atoms with van der Waals surface area (Å²) in [6, 6.07) is 1.83. The quantitative estimate of drug-likeness (QED) is 0.917. The molecule has 0 unspecified atom stereocenters. The summed E-state index contributed by atoms with van der Waals surface area (Å²) in [5.41, 5.74) is 1.62. The number of carbonyl (C=O) groups is 1. The van der Waals surface area contributed by atoms with Gasteiger partial charge in [-0.15, -0.1) is 0 Å². The predicted octanol–water partition coefficient (Wildman–Crippen LogP) is 3.31. The molecule has 1 aromatic rings. The van der Waals surface area contributed by atoms with E-state index in [1.165, 1.54) is 19.3 Å². The van der Waals surface area contributed by atoms with Crippen LogP contribution in [-0.2, 0) is 0 Å². The summed E-state index contributed by atoms with van der Waals surface area (Å²) < 4.78 is 0. The Morgan fingerprint density at radius 1 is 1.25 bits per heavy atom. The van der Waals surface area contributed by atoms with Crippen LogP contribution in [0.3, 0.4) is 0 Å². The molecule has 1 fully saturated rings. The van der Waals surface area contributed by atoms with E-state index in [4.69, 9.17) is 0 Å². The van der Waals surface area contributed by atoms with E-state index >= 15 is 0 Å². The summed E-state index contributed by atoms with van der Waals surface area (Å²) in [5.74, 6) is 0.146. The van der Waals surface area contributed by atoms with Crippen LogP contribution in [-0.4, -0.2) is 35.4 Å². The molecule has 110 valence electrons. The number of carbonyl (C=O) groups excluding carboxylic acids is 1. The lowest BCUT2D eigenvalue weighted by Gasteiger charge is -2.25. The van der Waals surface area contributed by atoms with Crippen LogP contribution in [0.15, 0.2) is 18.5 Å². The first-order valence-corrected chi connectivity index (χ1v) is 7.80. The molecule has 1 aliphatic rings. The minimum Gasteiger partial charge on any atom is -0.383 e. The maximum atomic E-state index is 12.7. The monoisotopic (exact) mass is 275 g/mol. The van der Waals surface area contributed by atoms with Gasteiger partial charge in [-0.1, -0.05) is 26.2 Å². The largest absolute Gasteiger partial charge is 0.383 e. The van der Waals surface area contributed by atoms with Crippen molar-refractivity contribution in [3.05, 3.63) is 24.0 Å². The molecule has 2 rings (SSSR count). The van der Waals surface area contributed by atoms with Crippen molar-refractivity contribution >= 4 is 11.6 Å². The molecule has 1 aliphatic heterocycles. The number of nitrogens with one attached hydrogen (secondary N) is 1. The highest BCUT2D eigenvalue weighted by Gasteiger charge is 2.19. The molecule has 0 atom stereocenters. The molecule has 1 saturated heterocycles. The van der Waals surface area contributed by atoms with E-state index in [1.54, 1.807) is 12.4 Å². The zero-order valence-corrected chi connectivity index (χ0v) is 12.4. The molecule has 0 spiro atoms. The van der Waals surface area contributed by atoms with Gasteiger partial charge in [0.25, 0.3) is 5.91 Å². The first kappa shape index (κ1) is 14.8. The lowest BCUT2D eigenvalue weighted by atomic mass is 10.1. The number of pyridine rings is 1. The Hall–Kier alpha value is -1.58. The van der Waals surface area contributed by atoms with Crippen molar-refractivity contribution in [1.82, 2.24) is 9.88 Å². The third-order valence-corrected chi connectivity index (χ3v) is 3.76. The van der Waals surface area contributed by atoms with Gasteiger partial charge in [0.15, 0.2) is 0 Å². The van der Waals surface area contributed by atoms with Gasteiger partial charge < -0.3 is 10.2 Å². The predicted molar refractivity (Wildman–Crippen MR) is 82.0 cm³/mol. The summed E-state index contributed by atoms with van der Waals surface area (Å²) in [7, 11) is 0. The van der Waals surface area contributed by atoms with Crippen molar-refractivity contribution in [3.63, 3.8) is 0 Å². The van der Waals surface area contributed by atoms with Crippen molar-refractivity contribution in [3.8, 4) is 0 Å². The van der Waals surface area contributed by atoms with Gasteiger partial charge in [-0.25, -0.2) is 0 Å². The molecule has 1 N–H and O–H groups in total. The van der Waals surface area contributed by atoms with Crippen molar-refractivity contribution in [2.45, 2.75) is 45.4 Å². The molecular formula is C16H25N3O. The average molecular weight is 275 g/mol. The van der Waals surface area contributed by atoms with E-state index in [-0.39, 0.29) is 5.91 Å². The fourth-order valence-electron chi connectivity index (χ4n) is 2.60. The fraction of sp³-hybridized carbons (Fsp3) is 0.625. The van der Waals surface area contributed by atoms with Gasteiger partial charge in [-0.2, -0.15) is 0 Å². The second-order valence-corrected chi connectivity index (χ2v) is 5.41.